The smallest absolute Gasteiger partial charge is 0.348 e. The molecule has 2 unspecified atom stereocenters. The number of Topliss-reactive ketones (excluding diaryl/α,β-unsaturated/α-hetero) is 1. The van der Waals surface area contributed by atoms with E-state index in [9.17, 15) is 22.8 Å². The van der Waals surface area contributed by atoms with Crippen LogP contribution in [0.15, 0.2) is 42.1 Å². The topological polar surface area (TPSA) is 54.3 Å². The van der Waals surface area contributed by atoms with Gasteiger partial charge in [0.05, 0.1) is 11.5 Å². The number of carbonyl (C=O) groups is 2. The van der Waals surface area contributed by atoms with Crippen molar-refractivity contribution in [3.8, 4) is 0 Å². The number of nitrogens with zero attached hydrogens (tertiary/aromatic N) is 2. The van der Waals surface area contributed by atoms with Crippen molar-refractivity contribution in [3.05, 3.63) is 47.7 Å². The van der Waals surface area contributed by atoms with Crippen molar-refractivity contribution in [2.24, 2.45) is 11.8 Å². The highest BCUT2D eigenvalue weighted by molar-refractivity contribution is 6.45. The lowest BCUT2D eigenvalue weighted by atomic mass is 9.96. The lowest BCUT2D eigenvalue weighted by Crippen LogP contribution is -2.43. The van der Waals surface area contributed by atoms with E-state index in [2.05, 4.69) is 66.8 Å². The van der Waals surface area contributed by atoms with Crippen LogP contribution in [0.25, 0.3) is 10.9 Å². The van der Waals surface area contributed by atoms with Gasteiger partial charge in [0.15, 0.2) is 0 Å². The number of benzene rings is 1. The van der Waals surface area contributed by atoms with E-state index >= 15 is 0 Å². The summed E-state index contributed by atoms with van der Waals surface area (Å²) in [5, 5.41) is 3.37. The summed E-state index contributed by atoms with van der Waals surface area (Å²) in [4.78, 5) is 27.1. The molecule has 0 saturated carbocycles. The summed E-state index contributed by atoms with van der Waals surface area (Å²) >= 11 is 0. The van der Waals surface area contributed by atoms with E-state index in [1.165, 1.54) is 24.8 Å². The highest BCUT2D eigenvalue weighted by Crippen LogP contribution is 2.34. The van der Waals surface area contributed by atoms with E-state index in [1.54, 1.807) is 6.20 Å². The van der Waals surface area contributed by atoms with Crippen LogP contribution in [0.5, 0.6) is 0 Å². The van der Waals surface area contributed by atoms with Crippen LogP contribution < -0.4 is 5.32 Å². The second-order valence-corrected chi connectivity index (χ2v) is 11.4. The second-order valence-electron chi connectivity index (χ2n) is 11.4. The number of piperidine rings is 1. The number of alkyl halides is 3. The zero-order valence-corrected chi connectivity index (χ0v) is 27.1. The SMILES string of the molecule is CC=C(C)C(C)CCC.CCC.CCC(C)n1cc(C(=O)C(=O)NCCN2CCC(C(F)(F)F)CC2)c2ccccc21.[HH]. The van der Waals surface area contributed by atoms with Gasteiger partial charge in [0, 0.05) is 37.7 Å². The van der Waals surface area contributed by atoms with Crippen LogP contribution in [0.3, 0.4) is 0 Å². The number of nitrogens with one attached hydrogen (secondary N) is 1. The minimum Gasteiger partial charge on any atom is -0.348 e. The zero-order valence-electron chi connectivity index (χ0n) is 27.1. The van der Waals surface area contributed by atoms with Crippen molar-refractivity contribution in [1.82, 2.24) is 14.8 Å². The minimum absolute atomic E-state index is 0. The molecule has 8 heteroatoms. The minimum atomic E-state index is -4.14. The van der Waals surface area contributed by atoms with Crippen LogP contribution in [0, 0.1) is 11.8 Å². The van der Waals surface area contributed by atoms with Gasteiger partial charge in [0.1, 0.15) is 0 Å². The molecule has 0 radical (unpaired) electrons. The maximum absolute atomic E-state index is 12.8. The lowest BCUT2D eigenvalue weighted by Gasteiger charge is -2.32. The monoisotopic (exact) mass is 595 g/mol. The molecule has 1 fully saturated rings. The molecule has 1 aliphatic rings. The number of allylic oxidation sites excluding steroid dienone is 2. The van der Waals surface area contributed by atoms with Crippen LogP contribution in [-0.2, 0) is 4.79 Å². The van der Waals surface area contributed by atoms with Gasteiger partial charge in [0.2, 0.25) is 0 Å². The van der Waals surface area contributed by atoms with Crippen LogP contribution in [0.4, 0.5) is 13.2 Å². The van der Waals surface area contributed by atoms with Crippen molar-refractivity contribution < 1.29 is 24.2 Å². The van der Waals surface area contributed by atoms with Crippen molar-refractivity contribution >= 4 is 22.6 Å². The Morgan fingerprint density at radius 1 is 1.10 bits per heavy atom. The first-order valence-corrected chi connectivity index (χ1v) is 15.7. The summed E-state index contributed by atoms with van der Waals surface area (Å²) in [6.45, 7) is 18.6. The van der Waals surface area contributed by atoms with Crippen LogP contribution >= 0.6 is 0 Å². The number of halogens is 3. The number of hydrogen-bond donors (Lipinski definition) is 1. The molecular weight excluding hydrogens is 539 g/mol. The van der Waals surface area contributed by atoms with Crippen LogP contribution in [-0.4, -0.2) is 53.5 Å². The first-order valence-electron chi connectivity index (χ1n) is 15.7. The van der Waals surface area contributed by atoms with E-state index in [-0.39, 0.29) is 26.9 Å². The third kappa shape index (κ3) is 11.6. The number of aromatic nitrogens is 1. The Morgan fingerprint density at radius 3 is 2.21 bits per heavy atom. The number of amides is 1. The predicted molar refractivity (Wildman–Crippen MR) is 171 cm³/mol. The molecule has 240 valence electrons. The number of hydrogen-bond acceptors (Lipinski definition) is 3. The van der Waals surface area contributed by atoms with Crippen molar-refractivity contribution in [2.75, 3.05) is 26.2 Å². The van der Waals surface area contributed by atoms with E-state index in [1.807, 2.05) is 33.7 Å². The van der Waals surface area contributed by atoms with Crippen molar-refractivity contribution in [1.29, 1.82) is 0 Å². The normalized spacial score (nSPS) is 16.1. The summed E-state index contributed by atoms with van der Waals surface area (Å²) in [7, 11) is 0. The van der Waals surface area contributed by atoms with Gasteiger partial charge in [0.25, 0.3) is 11.7 Å². The number of likely N-dealkylation sites (tertiary alicyclic amines) is 1. The lowest BCUT2D eigenvalue weighted by molar-refractivity contribution is -0.184. The van der Waals surface area contributed by atoms with Gasteiger partial charge in [-0.2, -0.15) is 13.2 Å². The van der Waals surface area contributed by atoms with Crippen LogP contribution in [0.2, 0.25) is 0 Å². The van der Waals surface area contributed by atoms with Crippen LogP contribution in [0.1, 0.15) is 112 Å². The molecule has 3 rings (SSSR count). The zero-order chi connectivity index (χ0) is 31.9. The van der Waals surface area contributed by atoms with Gasteiger partial charge >= 0.3 is 6.18 Å². The van der Waals surface area contributed by atoms with Crippen molar-refractivity contribution in [2.45, 2.75) is 106 Å². The largest absolute Gasteiger partial charge is 0.391 e. The Hall–Kier alpha value is -2.61. The maximum Gasteiger partial charge on any atom is 0.391 e. The number of rotatable bonds is 10. The molecule has 5 nitrogen and oxygen atoms in total. The quantitative estimate of drug-likeness (QED) is 0.169. The molecule has 1 saturated heterocycles. The molecule has 0 spiro atoms. The summed E-state index contributed by atoms with van der Waals surface area (Å²) in [6.07, 6.45) is 4.73. The molecule has 1 aromatic heterocycles. The Morgan fingerprint density at radius 2 is 1.69 bits per heavy atom. The highest BCUT2D eigenvalue weighted by Gasteiger charge is 2.40. The van der Waals surface area contributed by atoms with Gasteiger partial charge in [-0.25, -0.2) is 0 Å². The molecular formula is C34H56F3N3O2. The third-order valence-electron chi connectivity index (χ3n) is 7.98. The standard InChI is InChI=1S/C22H28F3N3O2.C9H18.C3H8.H2/c1-3-15(2)28-14-18(17-6-4-5-7-19(17)28)20(29)21(30)26-10-13-27-11-8-16(9-12-27)22(23,24)25;1-5-7-9(4)8(3)6-2;1-3-2;/h4-7,14-16H,3,8-13H2,1-2H3,(H,26,30);6,9H,5,7H2,1-4H3;3H2,1-2H3;1H. The average molecular weight is 596 g/mol. The number of para-hydroxylation sites is 1. The van der Waals surface area contributed by atoms with Gasteiger partial charge in [-0.1, -0.05) is 77.3 Å². The number of fused-ring (bicyclic) bond motifs is 1. The van der Waals surface area contributed by atoms with E-state index in [4.69, 9.17) is 0 Å². The summed E-state index contributed by atoms with van der Waals surface area (Å²) in [5.74, 6) is -1.73. The molecule has 42 heavy (non-hydrogen) atoms. The summed E-state index contributed by atoms with van der Waals surface area (Å²) < 4.78 is 40.3. The fraction of sp³-hybridized carbons (Fsp3) is 0.647. The number of ketones is 1. The molecule has 1 N–H and O–H groups in total. The Balaban J connectivity index is 0.00000115. The molecule has 1 aromatic carbocycles. The number of carbonyl (C=O) groups excluding carboxylic acids is 2. The molecule has 2 atom stereocenters. The molecule has 0 aliphatic carbocycles. The molecule has 2 aromatic rings. The highest BCUT2D eigenvalue weighted by atomic mass is 19.4. The van der Waals surface area contributed by atoms with E-state index < -0.39 is 23.8 Å². The fourth-order valence-electron chi connectivity index (χ4n) is 4.91. The van der Waals surface area contributed by atoms with Gasteiger partial charge < -0.3 is 14.8 Å². The predicted octanol–water partition coefficient (Wildman–Crippen LogP) is 9.24. The molecule has 0 bridgehead atoms. The summed E-state index contributed by atoms with van der Waals surface area (Å²) in [6, 6.07) is 7.69. The second kappa shape index (κ2) is 18.8. The molecule has 1 amide bonds. The first-order chi connectivity index (χ1) is 19.9. The molecule has 1 aliphatic heterocycles. The van der Waals surface area contributed by atoms with E-state index in [0.29, 0.717) is 25.2 Å². The summed E-state index contributed by atoms with van der Waals surface area (Å²) in [5.41, 5.74) is 2.81. The van der Waals surface area contributed by atoms with Crippen molar-refractivity contribution in [3.63, 3.8) is 0 Å². The Labute approximate surface area is 253 Å². The average Bonchev–Trinajstić information content (AvgIpc) is 3.36. The Kier molecular flexibility index (Phi) is 16.8. The maximum atomic E-state index is 12.8. The third-order valence-corrected chi connectivity index (χ3v) is 7.98. The van der Waals surface area contributed by atoms with Gasteiger partial charge in [-0.05, 0) is 71.5 Å². The fourth-order valence-corrected chi connectivity index (χ4v) is 4.91. The Bertz CT molecular complexity index is 1120. The first kappa shape index (κ1) is 37.4. The van der Waals surface area contributed by atoms with E-state index in [0.717, 1.165) is 23.2 Å². The van der Waals surface area contributed by atoms with Gasteiger partial charge in [-0.15, -0.1) is 0 Å². The molecule has 2 heterocycles. The van der Waals surface area contributed by atoms with Gasteiger partial charge in [-0.3, -0.25) is 9.59 Å².